The van der Waals surface area contributed by atoms with Crippen molar-refractivity contribution >= 4 is 11.6 Å². The smallest absolute Gasteiger partial charge is 0.254 e. The highest BCUT2D eigenvalue weighted by atomic mass is 16.5. The van der Waals surface area contributed by atoms with Crippen LogP contribution in [0.4, 0.5) is 5.69 Å². The van der Waals surface area contributed by atoms with Crippen LogP contribution in [0.3, 0.4) is 0 Å². The van der Waals surface area contributed by atoms with Gasteiger partial charge in [-0.2, -0.15) is 0 Å². The number of benzene rings is 1. The van der Waals surface area contributed by atoms with Crippen LogP contribution in [0.15, 0.2) is 18.2 Å². The molecule has 2 atom stereocenters. The Hall–Kier alpha value is -1.55. The van der Waals surface area contributed by atoms with Gasteiger partial charge in [0.15, 0.2) is 0 Å². The number of carbonyl (C=O) groups excluding carboxylic acids is 1. The van der Waals surface area contributed by atoms with Crippen molar-refractivity contribution in [2.24, 2.45) is 0 Å². The van der Waals surface area contributed by atoms with E-state index in [9.17, 15) is 4.79 Å². The van der Waals surface area contributed by atoms with Gasteiger partial charge in [0.05, 0.1) is 18.8 Å². The molecule has 2 rings (SSSR count). The number of aryl methyl sites for hydroxylation is 1. The first kappa shape index (κ1) is 15.8. The Morgan fingerprint density at radius 2 is 2.19 bits per heavy atom. The van der Waals surface area contributed by atoms with Gasteiger partial charge in [-0.15, -0.1) is 0 Å². The predicted molar refractivity (Wildman–Crippen MR) is 85.9 cm³/mol. The van der Waals surface area contributed by atoms with E-state index in [0.717, 1.165) is 29.8 Å². The maximum atomic E-state index is 12.8. The first-order valence-electron chi connectivity index (χ1n) is 7.80. The van der Waals surface area contributed by atoms with Gasteiger partial charge in [-0.1, -0.05) is 6.92 Å². The average molecular weight is 290 g/mol. The van der Waals surface area contributed by atoms with E-state index in [1.165, 1.54) is 0 Å². The molecule has 4 heteroatoms. The quantitative estimate of drug-likeness (QED) is 0.926. The van der Waals surface area contributed by atoms with Crippen LogP contribution in [0.25, 0.3) is 0 Å². The maximum absolute atomic E-state index is 12.8. The fourth-order valence-electron chi connectivity index (χ4n) is 2.62. The highest BCUT2D eigenvalue weighted by molar-refractivity contribution is 5.96. The fourth-order valence-corrected chi connectivity index (χ4v) is 2.62. The molecule has 0 aliphatic carbocycles. The summed E-state index contributed by atoms with van der Waals surface area (Å²) in [4.78, 5) is 14.7. The lowest BCUT2D eigenvalue weighted by Crippen LogP contribution is -2.50. The normalized spacial score (nSPS) is 22.2. The van der Waals surface area contributed by atoms with Crippen molar-refractivity contribution in [2.45, 2.75) is 46.3 Å². The van der Waals surface area contributed by atoms with Gasteiger partial charge in [0.25, 0.3) is 5.91 Å². The second-order valence-corrected chi connectivity index (χ2v) is 5.91. The van der Waals surface area contributed by atoms with Crippen LogP contribution in [0.2, 0.25) is 0 Å². The summed E-state index contributed by atoms with van der Waals surface area (Å²) >= 11 is 0. The standard InChI is InChI=1S/C17H26N2O2/c1-5-8-18-15-6-7-16(12(2)9-15)17(20)19-10-14(4)21-11-13(19)3/h6-7,9,13-14,18H,5,8,10-11H2,1-4H3. The summed E-state index contributed by atoms with van der Waals surface area (Å²) < 4.78 is 5.60. The van der Waals surface area contributed by atoms with E-state index in [2.05, 4.69) is 18.3 Å². The van der Waals surface area contributed by atoms with E-state index in [1.54, 1.807) is 0 Å². The maximum Gasteiger partial charge on any atom is 0.254 e. The van der Waals surface area contributed by atoms with Gasteiger partial charge < -0.3 is 15.0 Å². The van der Waals surface area contributed by atoms with Gasteiger partial charge in [0.1, 0.15) is 0 Å². The molecule has 1 aliphatic heterocycles. The van der Waals surface area contributed by atoms with Crippen molar-refractivity contribution in [1.82, 2.24) is 4.90 Å². The summed E-state index contributed by atoms with van der Waals surface area (Å²) in [5.41, 5.74) is 2.89. The first-order chi connectivity index (χ1) is 10.0. The van der Waals surface area contributed by atoms with E-state index in [1.807, 2.05) is 37.8 Å². The average Bonchev–Trinajstić information content (AvgIpc) is 2.47. The molecule has 1 heterocycles. The lowest BCUT2D eigenvalue weighted by atomic mass is 10.0. The Balaban J connectivity index is 2.15. The van der Waals surface area contributed by atoms with Crippen molar-refractivity contribution in [1.29, 1.82) is 0 Å². The second kappa shape index (κ2) is 6.94. The third-order valence-electron chi connectivity index (χ3n) is 3.90. The molecular weight excluding hydrogens is 264 g/mol. The van der Waals surface area contributed by atoms with Crippen LogP contribution in [-0.4, -0.2) is 42.6 Å². The molecule has 116 valence electrons. The lowest BCUT2D eigenvalue weighted by molar-refractivity contribution is -0.0387. The molecule has 2 unspecified atom stereocenters. The van der Waals surface area contributed by atoms with Gasteiger partial charge in [-0.25, -0.2) is 0 Å². The minimum absolute atomic E-state index is 0.107. The van der Waals surface area contributed by atoms with Crippen LogP contribution < -0.4 is 5.32 Å². The number of hydrogen-bond donors (Lipinski definition) is 1. The molecule has 1 fully saturated rings. The number of amides is 1. The molecule has 0 radical (unpaired) electrons. The summed E-state index contributed by atoms with van der Waals surface area (Å²) in [6.45, 7) is 10.4. The molecular formula is C17H26N2O2. The predicted octanol–water partition coefficient (Wildman–Crippen LogP) is 3.07. The Morgan fingerprint density at radius 1 is 1.43 bits per heavy atom. The Kier molecular flexibility index (Phi) is 5.23. The fraction of sp³-hybridized carbons (Fsp3) is 0.588. The Morgan fingerprint density at radius 3 is 2.86 bits per heavy atom. The van der Waals surface area contributed by atoms with Crippen molar-refractivity contribution in [3.63, 3.8) is 0 Å². The highest BCUT2D eigenvalue weighted by Crippen LogP contribution is 2.20. The molecule has 1 saturated heterocycles. The molecule has 1 aliphatic rings. The molecule has 0 bridgehead atoms. The molecule has 1 aromatic carbocycles. The number of rotatable bonds is 4. The van der Waals surface area contributed by atoms with Gasteiger partial charge in [0.2, 0.25) is 0 Å². The molecule has 0 aromatic heterocycles. The molecule has 0 spiro atoms. The molecule has 1 amide bonds. The van der Waals surface area contributed by atoms with Gasteiger partial charge in [-0.05, 0) is 51.0 Å². The van der Waals surface area contributed by atoms with Crippen LogP contribution in [0.1, 0.15) is 43.1 Å². The summed E-state index contributed by atoms with van der Waals surface area (Å²) in [5.74, 6) is 0.109. The first-order valence-corrected chi connectivity index (χ1v) is 7.80. The molecule has 21 heavy (non-hydrogen) atoms. The molecule has 1 aromatic rings. The van der Waals surface area contributed by atoms with E-state index < -0.39 is 0 Å². The summed E-state index contributed by atoms with van der Waals surface area (Å²) in [6.07, 6.45) is 1.19. The van der Waals surface area contributed by atoms with Gasteiger partial charge in [-0.3, -0.25) is 4.79 Å². The molecule has 1 N–H and O–H groups in total. The lowest BCUT2D eigenvalue weighted by Gasteiger charge is -2.37. The monoisotopic (exact) mass is 290 g/mol. The number of anilines is 1. The van der Waals surface area contributed by atoms with Crippen molar-refractivity contribution in [3.8, 4) is 0 Å². The second-order valence-electron chi connectivity index (χ2n) is 5.91. The van der Waals surface area contributed by atoms with E-state index in [4.69, 9.17) is 4.74 Å². The summed E-state index contributed by atoms with van der Waals surface area (Å²) in [5, 5.41) is 3.35. The SMILES string of the molecule is CCCNc1ccc(C(=O)N2CC(C)OCC2C)c(C)c1. The minimum Gasteiger partial charge on any atom is -0.385 e. The minimum atomic E-state index is 0.107. The van der Waals surface area contributed by atoms with E-state index >= 15 is 0 Å². The number of nitrogens with one attached hydrogen (secondary N) is 1. The number of hydrogen-bond acceptors (Lipinski definition) is 3. The number of ether oxygens (including phenoxy) is 1. The van der Waals surface area contributed by atoms with Gasteiger partial charge in [0, 0.05) is 24.3 Å². The number of nitrogens with zero attached hydrogens (tertiary/aromatic N) is 1. The number of morpholine rings is 1. The van der Waals surface area contributed by atoms with E-state index in [0.29, 0.717) is 13.2 Å². The summed E-state index contributed by atoms with van der Waals surface area (Å²) in [6, 6.07) is 6.11. The zero-order chi connectivity index (χ0) is 15.4. The van der Waals surface area contributed by atoms with Crippen molar-refractivity contribution < 1.29 is 9.53 Å². The van der Waals surface area contributed by atoms with Gasteiger partial charge >= 0.3 is 0 Å². The van der Waals surface area contributed by atoms with Crippen LogP contribution >= 0.6 is 0 Å². The molecule has 4 nitrogen and oxygen atoms in total. The van der Waals surface area contributed by atoms with Crippen LogP contribution in [-0.2, 0) is 4.74 Å². The number of carbonyl (C=O) groups is 1. The zero-order valence-corrected chi connectivity index (χ0v) is 13.5. The largest absolute Gasteiger partial charge is 0.385 e. The third-order valence-corrected chi connectivity index (χ3v) is 3.90. The zero-order valence-electron chi connectivity index (χ0n) is 13.5. The Bertz CT molecular complexity index is 502. The van der Waals surface area contributed by atoms with Crippen LogP contribution in [0.5, 0.6) is 0 Å². The van der Waals surface area contributed by atoms with Crippen LogP contribution in [0, 0.1) is 6.92 Å². The topological polar surface area (TPSA) is 41.6 Å². The Labute approximate surface area is 127 Å². The van der Waals surface area contributed by atoms with Crippen molar-refractivity contribution in [3.05, 3.63) is 29.3 Å². The summed E-state index contributed by atoms with van der Waals surface area (Å²) in [7, 11) is 0. The highest BCUT2D eigenvalue weighted by Gasteiger charge is 2.28. The third kappa shape index (κ3) is 3.76. The van der Waals surface area contributed by atoms with Crippen molar-refractivity contribution in [2.75, 3.05) is 25.0 Å². The van der Waals surface area contributed by atoms with E-state index in [-0.39, 0.29) is 18.1 Å². The molecule has 0 saturated carbocycles.